The first-order valence-corrected chi connectivity index (χ1v) is 17.9. The number of ether oxygens (including phenoxy) is 6. The van der Waals surface area contributed by atoms with Crippen molar-refractivity contribution in [3.8, 4) is 0 Å². The molecule has 1 amide bonds. The summed E-state index contributed by atoms with van der Waals surface area (Å²) in [6.07, 6.45) is -8.36. The minimum Gasteiger partial charge on any atom is -0.456 e. The third kappa shape index (κ3) is 17.9. The van der Waals surface area contributed by atoms with Crippen LogP contribution < -0.4 is 5.32 Å². The van der Waals surface area contributed by atoms with E-state index in [1.54, 1.807) is 13.8 Å². The van der Waals surface area contributed by atoms with E-state index in [0.29, 0.717) is 6.42 Å². The van der Waals surface area contributed by atoms with Crippen LogP contribution in [0.1, 0.15) is 107 Å². The maximum absolute atomic E-state index is 14.0. The van der Waals surface area contributed by atoms with E-state index < -0.39 is 92.3 Å². The molecule has 0 bridgehead atoms. The third-order valence-corrected chi connectivity index (χ3v) is 7.87. The lowest BCUT2D eigenvalue weighted by Gasteiger charge is -2.36. The van der Waals surface area contributed by atoms with Crippen LogP contribution in [-0.2, 0) is 66.3 Å². The zero-order valence-corrected chi connectivity index (χ0v) is 30.8. The Morgan fingerprint density at radius 1 is 0.673 bits per heavy atom. The predicted octanol–water partition coefficient (Wildman–Crippen LogP) is 2.81. The van der Waals surface area contributed by atoms with Gasteiger partial charge in [-0.15, -0.1) is 0 Å². The van der Waals surface area contributed by atoms with Crippen molar-refractivity contribution >= 4 is 43.6 Å². The van der Waals surface area contributed by atoms with Crippen LogP contribution >= 0.6 is 7.82 Å². The fourth-order valence-electron chi connectivity index (χ4n) is 3.73. The molecule has 284 valence electrons. The van der Waals surface area contributed by atoms with Gasteiger partial charge in [0.25, 0.3) is 5.91 Å². The molecule has 0 fully saturated rings. The lowest BCUT2D eigenvalue weighted by atomic mass is 9.97. The molecule has 0 aromatic carbocycles. The summed E-state index contributed by atoms with van der Waals surface area (Å²) in [6, 6.07) is 0. The molecule has 5 atom stereocenters. The molecule has 0 aromatic heterocycles. The molecule has 0 aliphatic heterocycles. The molecule has 0 aromatic rings. The molecule has 0 aliphatic carbocycles. The molecule has 0 spiro atoms. The van der Waals surface area contributed by atoms with Crippen LogP contribution in [0.2, 0.25) is 0 Å². The van der Waals surface area contributed by atoms with Crippen molar-refractivity contribution in [2.24, 2.45) is 0 Å². The van der Waals surface area contributed by atoms with Crippen LogP contribution in [0.25, 0.3) is 0 Å². The van der Waals surface area contributed by atoms with Gasteiger partial charge in [-0.05, 0) is 33.6 Å². The summed E-state index contributed by atoms with van der Waals surface area (Å²) in [5.74, 6) is -6.30. The number of rotatable bonds is 24. The van der Waals surface area contributed by atoms with Crippen LogP contribution in [0.5, 0.6) is 0 Å². The van der Waals surface area contributed by atoms with Crippen LogP contribution in [0, 0.1) is 0 Å². The SMILES string of the molecule is CCC(=O)OC(C(=O)NCCOP(=O)(O)O)C(OC(=O)CC)C(OC(=O)CC)C(OC(=O)CC)C(=O)OC(C)(CC)CCOC(C)(C)CC. The van der Waals surface area contributed by atoms with Crippen molar-refractivity contribution in [1.82, 2.24) is 5.32 Å². The summed E-state index contributed by atoms with van der Waals surface area (Å²) < 4.78 is 48.9. The van der Waals surface area contributed by atoms with E-state index in [1.807, 2.05) is 20.8 Å². The molecule has 18 heteroatoms. The van der Waals surface area contributed by atoms with Crippen molar-refractivity contribution in [2.75, 3.05) is 19.8 Å². The fraction of sp³-hybridized carbons (Fsp3) is 0.806. The maximum Gasteiger partial charge on any atom is 0.469 e. The van der Waals surface area contributed by atoms with Crippen LogP contribution in [0.4, 0.5) is 0 Å². The van der Waals surface area contributed by atoms with Crippen molar-refractivity contribution in [3.05, 3.63) is 0 Å². The van der Waals surface area contributed by atoms with E-state index in [2.05, 4.69) is 9.84 Å². The lowest BCUT2D eigenvalue weighted by molar-refractivity contribution is -0.211. The van der Waals surface area contributed by atoms with Crippen LogP contribution in [-0.4, -0.2) is 101 Å². The molecule has 0 saturated heterocycles. The second-order valence-corrected chi connectivity index (χ2v) is 12.9. The van der Waals surface area contributed by atoms with E-state index in [0.717, 1.165) is 0 Å². The summed E-state index contributed by atoms with van der Waals surface area (Å²) in [6.45, 7) is 13.7. The van der Waals surface area contributed by atoms with Crippen molar-refractivity contribution < 1.29 is 76.1 Å². The largest absolute Gasteiger partial charge is 0.469 e. The van der Waals surface area contributed by atoms with E-state index in [9.17, 15) is 33.3 Å². The van der Waals surface area contributed by atoms with Gasteiger partial charge in [0, 0.05) is 38.6 Å². The monoisotopic (exact) mass is 727 g/mol. The van der Waals surface area contributed by atoms with Crippen LogP contribution in [0.3, 0.4) is 0 Å². The average Bonchev–Trinajstić information content (AvgIpc) is 3.04. The van der Waals surface area contributed by atoms with Gasteiger partial charge in [-0.2, -0.15) is 0 Å². The number of carbonyl (C=O) groups excluding carboxylic acids is 6. The zero-order valence-electron chi connectivity index (χ0n) is 29.9. The highest BCUT2D eigenvalue weighted by atomic mass is 31.2. The van der Waals surface area contributed by atoms with E-state index in [-0.39, 0.29) is 45.1 Å². The Kier molecular flexibility index (Phi) is 20.5. The van der Waals surface area contributed by atoms with Gasteiger partial charge in [-0.1, -0.05) is 41.5 Å². The van der Waals surface area contributed by atoms with Gasteiger partial charge in [0.05, 0.1) is 18.8 Å². The van der Waals surface area contributed by atoms with Gasteiger partial charge in [0.2, 0.25) is 12.2 Å². The van der Waals surface area contributed by atoms with E-state index >= 15 is 0 Å². The molecular formula is C31H54NO16P. The third-order valence-electron chi connectivity index (χ3n) is 7.35. The Labute approximate surface area is 287 Å². The van der Waals surface area contributed by atoms with Crippen molar-refractivity contribution in [1.29, 1.82) is 0 Å². The summed E-state index contributed by atoms with van der Waals surface area (Å²) in [5, 5.41) is 2.23. The highest BCUT2D eigenvalue weighted by Gasteiger charge is 2.51. The summed E-state index contributed by atoms with van der Waals surface area (Å²) in [5.41, 5.74) is -1.65. The van der Waals surface area contributed by atoms with E-state index in [1.165, 1.54) is 27.7 Å². The van der Waals surface area contributed by atoms with Crippen molar-refractivity contribution in [2.45, 2.75) is 143 Å². The Morgan fingerprint density at radius 3 is 1.55 bits per heavy atom. The predicted molar refractivity (Wildman–Crippen MR) is 171 cm³/mol. The highest BCUT2D eigenvalue weighted by Crippen LogP contribution is 2.35. The van der Waals surface area contributed by atoms with Gasteiger partial charge >= 0.3 is 37.7 Å². The average molecular weight is 728 g/mol. The number of nitrogens with one attached hydrogen (secondary N) is 1. The quantitative estimate of drug-likeness (QED) is 0.0561. The number of amides is 1. The minimum absolute atomic E-state index is 0.184. The molecule has 17 nitrogen and oxygen atoms in total. The summed E-state index contributed by atoms with van der Waals surface area (Å²) in [4.78, 5) is 96.0. The molecule has 0 aliphatic rings. The van der Waals surface area contributed by atoms with Gasteiger partial charge < -0.3 is 43.5 Å². The first kappa shape index (κ1) is 45.9. The molecule has 0 heterocycles. The van der Waals surface area contributed by atoms with E-state index in [4.69, 9.17) is 38.2 Å². The number of phosphoric acid groups is 1. The Bertz CT molecular complexity index is 1150. The molecule has 0 saturated carbocycles. The highest BCUT2D eigenvalue weighted by molar-refractivity contribution is 7.46. The normalized spacial score (nSPS) is 15.4. The Hall–Kier alpha value is -3.11. The minimum atomic E-state index is -4.90. The second-order valence-electron chi connectivity index (χ2n) is 11.7. The Morgan fingerprint density at radius 2 is 1.12 bits per heavy atom. The first-order valence-electron chi connectivity index (χ1n) is 16.3. The number of phosphoric ester groups is 1. The van der Waals surface area contributed by atoms with Crippen LogP contribution in [0.15, 0.2) is 0 Å². The second kappa shape index (κ2) is 21.9. The number of esters is 5. The summed E-state index contributed by atoms with van der Waals surface area (Å²) in [7, 11) is -4.90. The number of hydrogen-bond acceptors (Lipinski definition) is 14. The molecular weight excluding hydrogens is 673 g/mol. The number of hydrogen-bond donors (Lipinski definition) is 3. The Balaban J connectivity index is 7.07. The molecule has 0 radical (unpaired) electrons. The summed E-state index contributed by atoms with van der Waals surface area (Å²) >= 11 is 0. The van der Waals surface area contributed by atoms with Gasteiger partial charge in [-0.25, -0.2) is 9.36 Å². The molecule has 0 rings (SSSR count). The smallest absolute Gasteiger partial charge is 0.456 e. The maximum atomic E-state index is 14.0. The molecule has 3 N–H and O–H groups in total. The number of carbonyl (C=O) groups is 6. The fourth-order valence-corrected chi connectivity index (χ4v) is 4.06. The molecule has 5 unspecified atom stereocenters. The van der Waals surface area contributed by atoms with Crippen molar-refractivity contribution in [3.63, 3.8) is 0 Å². The van der Waals surface area contributed by atoms with Gasteiger partial charge in [0.15, 0.2) is 12.2 Å². The lowest BCUT2D eigenvalue weighted by Crippen LogP contribution is -2.59. The zero-order chi connectivity index (χ0) is 38.0. The molecule has 49 heavy (non-hydrogen) atoms. The topological polar surface area (TPSA) is 237 Å². The van der Waals surface area contributed by atoms with Gasteiger partial charge in [-0.3, -0.25) is 28.5 Å². The standard InChI is InChI=1S/C31H54NO16P/c1-10-20(33)44-24(26(46-22(35)12-3)28(37)32-17-19-43-49(39,40)41)25(45-21(34)11-2)27(47-23(36)13-4)29(38)48-31(9,15-6)16-18-42-30(7,8)14-5/h24-27H,10-19H2,1-9H3,(H,32,37)(H2,39,40,41). The van der Waals surface area contributed by atoms with Gasteiger partial charge in [0.1, 0.15) is 5.60 Å². The first-order chi connectivity index (χ1) is 22.7.